The van der Waals surface area contributed by atoms with Crippen molar-refractivity contribution >= 4 is 23.3 Å². The van der Waals surface area contributed by atoms with E-state index in [2.05, 4.69) is 4.90 Å². The molecule has 1 aliphatic carbocycles. The van der Waals surface area contributed by atoms with Crippen LogP contribution in [0.4, 0.5) is 4.79 Å². The molecule has 3 aliphatic rings. The molecular weight excluding hydrogens is 366 g/mol. The Morgan fingerprint density at radius 1 is 1.33 bits per heavy atom. The summed E-state index contributed by atoms with van der Waals surface area (Å²) in [7, 11) is 1.80. The fourth-order valence-corrected chi connectivity index (χ4v) is 6.30. The number of hydrogen-bond acceptors (Lipinski definition) is 6. The highest BCUT2D eigenvalue weighted by molar-refractivity contribution is 7.14. The van der Waals surface area contributed by atoms with Crippen LogP contribution in [0.25, 0.3) is 0 Å². The number of nitrogens with zero attached hydrogens (tertiary/aromatic N) is 2. The molecule has 2 bridgehead atoms. The number of amides is 2. The molecule has 1 aromatic rings. The molecule has 2 amide bonds. The zero-order chi connectivity index (χ0) is 19.0. The highest BCUT2D eigenvalue weighted by Gasteiger charge is 2.53. The summed E-state index contributed by atoms with van der Waals surface area (Å²) in [6, 6.07) is 3.85. The molecule has 7 nitrogen and oxygen atoms in total. The SMILES string of the molecule is CO[C@]1(c2ccc(C(N)=O)s2)[C@@H]2CCC[C@H]1CN(CCN1CCOC1=O)C2. The second-order valence-corrected chi connectivity index (χ2v) is 8.79. The van der Waals surface area contributed by atoms with E-state index in [0.29, 0.717) is 36.4 Å². The van der Waals surface area contributed by atoms with Crippen LogP contribution < -0.4 is 5.73 Å². The summed E-state index contributed by atoms with van der Waals surface area (Å²) in [5, 5.41) is 0. The fraction of sp³-hybridized carbons (Fsp3) is 0.684. The average Bonchev–Trinajstić information content (AvgIpc) is 3.28. The van der Waals surface area contributed by atoms with Crippen molar-refractivity contribution in [3.63, 3.8) is 0 Å². The second-order valence-electron chi connectivity index (χ2n) is 7.71. The summed E-state index contributed by atoms with van der Waals surface area (Å²) >= 11 is 1.48. The number of fused-ring (bicyclic) bond motifs is 2. The van der Waals surface area contributed by atoms with Crippen molar-refractivity contribution in [3.8, 4) is 0 Å². The predicted octanol–water partition coefficient (Wildman–Crippen LogP) is 1.87. The maximum atomic E-state index is 11.7. The van der Waals surface area contributed by atoms with Crippen LogP contribution >= 0.6 is 11.3 Å². The molecule has 2 saturated heterocycles. The third-order valence-electron chi connectivity index (χ3n) is 6.38. The van der Waals surface area contributed by atoms with Crippen molar-refractivity contribution in [2.75, 3.05) is 46.4 Å². The smallest absolute Gasteiger partial charge is 0.409 e. The number of piperidine rings is 1. The van der Waals surface area contributed by atoms with Crippen LogP contribution in [0.1, 0.15) is 33.8 Å². The van der Waals surface area contributed by atoms with E-state index in [9.17, 15) is 9.59 Å². The number of nitrogens with two attached hydrogens (primary N) is 1. The number of primary amides is 1. The summed E-state index contributed by atoms with van der Waals surface area (Å²) in [6.45, 7) is 4.64. The summed E-state index contributed by atoms with van der Waals surface area (Å²) in [5.74, 6) is 0.373. The van der Waals surface area contributed by atoms with E-state index in [-0.39, 0.29) is 17.6 Å². The Hall–Kier alpha value is -1.64. The van der Waals surface area contributed by atoms with Gasteiger partial charge in [-0.15, -0.1) is 11.3 Å². The molecule has 27 heavy (non-hydrogen) atoms. The lowest BCUT2D eigenvalue weighted by atomic mass is 9.64. The quantitative estimate of drug-likeness (QED) is 0.798. The van der Waals surface area contributed by atoms with E-state index in [1.807, 2.05) is 12.1 Å². The third kappa shape index (κ3) is 3.23. The second kappa shape index (κ2) is 7.41. The number of carbonyl (C=O) groups is 2. The zero-order valence-electron chi connectivity index (χ0n) is 15.7. The number of carbonyl (C=O) groups excluding carboxylic acids is 2. The van der Waals surface area contributed by atoms with Gasteiger partial charge < -0.3 is 25.0 Å². The highest BCUT2D eigenvalue weighted by atomic mass is 32.1. The third-order valence-corrected chi connectivity index (χ3v) is 7.61. The van der Waals surface area contributed by atoms with Gasteiger partial charge in [0, 0.05) is 50.0 Å². The number of thiophene rings is 1. The normalized spacial score (nSPS) is 31.1. The highest BCUT2D eigenvalue weighted by Crippen LogP contribution is 2.53. The van der Waals surface area contributed by atoms with Gasteiger partial charge >= 0.3 is 6.09 Å². The van der Waals surface area contributed by atoms with Gasteiger partial charge in [-0.1, -0.05) is 6.42 Å². The van der Waals surface area contributed by atoms with Crippen molar-refractivity contribution < 1.29 is 19.1 Å². The van der Waals surface area contributed by atoms with Gasteiger partial charge in [0.05, 0.1) is 11.4 Å². The molecule has 148 valence electrons. The maximum Gasteiger partial charge on any atom is 0.409 e. The van der Waals surface area contributed by atoms with Gasteiger partial charge in [0.25, 0.3) is 5.91 Å². The van der Waals surface area contributed by atoms with Gasteiger partial charge in [-0.05, 0) is 25.0 Å². The first-order valence-electron chi connectivity index (χ1n) is 9.64. The van der Waals surface area contributed by atoms with E-state index in [1.165, 1.54) is 17.8 Å². The molecule has 4 rings (SSSR count). The van der Waals surface area contributed by atoms with Crippen molar-refractivity contribution in [1.29, 1.82) is 0 Å². The number of cyclic esters (lactones) is 1. The van der Waals surface area contributed by atoms with E-state index < -0.39 is 0 Å². The summed E-state index contributed by atoms with van der Waals surface area (Å²) in [5.41, 5.74) is 5.14. The molecular formula is C19H27N3O4S. The Morgan fingerprint density at radius 2 is 2.07 bits per heavy atom. The number of ether oxygens (including phenoxy) is 2. The summed E-state index contributed by atoms with van der Waals surface area (Å²) < 4.78 is 11.2. The van der Waals surface area contributed by atoms with Crippen LogP contribution in [0.15, 0.2) is 12.1 Å². The molecule has 1 saturated carbocycles. The van der Waals surface area contributed by atoms with Gasteiger partial charge in [-0.3, -0.25) is 4.79 Å². The topological polar surface area (TPSA) is 85.1 Å². The Bertz CT molecular complexity index is 708. The van der Waals surface area contributed by atoms with Crippen molar-refractivity contribution in [1.82, 2.24) is 9.80 Å². The molecule has 1 aromatic heterocycles. The lowest BCUT2D eigenvalue weighted by Gasteiger charge is -2.55. The van der Waals surface area contributed by atoms with Crippen molar-refractivity contribution in [2.45, 2.75) is 24.9 Å². The van der Waals surface area contributed by atoms with Crippen LogP contribution in [0, 0.1) is 11.8 Å². The van der Waals surface area contributed by atoms with Crippen LogP contribution in [0.2, 0.25) is 0 Å². The largest absolute Gasteiger partial charge is 0.448 e. The maximum absolute atomic E-state index is 11.7. The summed E-state index contributed by atoms with van der Waals surface area (Å²) in [4.78, 5) is 29.2. The molecule has 2 aliphatic heterocycles. The van der Waals surface area contributed by atoms with Gasteiger partial charge in [0.1, 0.15) is 12.2 Å². The standard InChI is InChI=1S/C19H27N3O4S/c1-25-19(16-6-5-15(27-16)17(20)23)13-3-2-4-14(19)12-21(11-13)7-8-22-9-10-26-18(22)24/h5-6,13-14H,2-4,7-12H2,1H3,(H2,20,23)/t13-,14+,19-. The van der Waals surface area contributed by atoms with Crippen LogP contribution in [0.3, 0.4) is 0 Å². The Labute approximate surface area is 163 Å². The number of methoxy groups -OCH3 is 1. The molecule has 8 heteroatoms. The number of likely N-dealkylation sites (tertiary alicyclic amines) is 1. The lowest BCUT2D eigenvalue weighted by molar-refractivity contribution is -0.166. The molecule has 0 radical (unpaired) electrons. The van der Waals surface area contributed by atoms with Crippen LogP contribution in [-0.2, 0) is 15.1 Å². The van der Waals surface area contributed by atoms with Crippen molar-refractivity contribution in [3.05, 3.63) is 21.9 Å². The first-order valence-corrected chi connectivity index (χ1v) is 10.5. The summed E-state index contributed by atoms with van der Waals surface area (Å²) in [6.07, 6.45) is 3.23. The molecule has 0 spiro atoms. The molecule has 0 unspecified atom stereocenters. The van der Waals surface area contributed by atoms with E-state index in [0.717, 1.165) is 37.4 Å². The van der Waals surface area contributed by atoms with E-state index in [4.69, 9.17) is 15.2 Å². The molecule has 3 atom stereocenters. The van der Waals surface area contributed by atoms with E-state index >= 15 is 0 Å². The van der Waals surface area contributed by atoms with Crippen LogP contribution in [-0.4, -0.2) is 68.2 Å². The molecule has 2 N–H and O–H groups in total. The number of hydrogen-bond donors (Lipinski definition) is 1. The minimum atomic E-state index is -0.377. The number of rotatable bonds is 6. The molecule has 0 aromatic carbocycles. The predicted molar refractivity (Wildman–Crippen MR) is 102 cm³/mol. The van der Waals surface area contributed by atoms with Crippen molar-refractivity contribution in [2.24, 2.45) is 17.6 Å². The van der Waals surface area contributed by atoms with Gasteiger partial charge in [-0.2, -0.15) is 0 Å². The Morgan fingerprint density at radius 3 is 2.63 bits per heavy atom. The minimum absolute atomic E-state index is 0.198. The molecule has 3 fully saturated rings. The Balaban J connectivity index is 1.51. The van der Waals surface area contributed by atoms with Gasteiger partial charge in [0.15, 0.2) is 0 Å². The first-order chi connectivity index (χ1) is 13.0. The van der Waals surface area contributed by atoms with E-state index in [1.54, 1.807) is 12.0 Å². The monoisotopic (exact) mass is 393 g/mol. The average molecular weight is 394 g/mol. The first kappa shape index (κ1) is 18.7. The fourth-order valence-electron chi connectivity index (χ4n) is 5.11. The lowest BCUT2D eigenvalue weighted by Crippen LogP contribution is -2.59. The van der Waals surface area contributed by atoms with Crippen LogP contribution in [0.5, 0.6) is 0 Å². The van der Waals surface area contributed by atoms with Gasteiger partial charge in [-0.25, -0.2) is 4.79 Å². The molecule has 3 heterocycles. The Kier molecular flexibility index (Phi) is 5.13. The zero-order valence-corrected chi connectivity index (χ0v) is 16.5. The van der Waals surface area contributed by atoms with Gasteiger partial charge in [0.2, 0.25) is 0 Å². The minimum Gasteiger partial charge on any atom is -0.448 e.